The lowest BCUT2D eigenvalue weighted by Gasteiger charge is -2.27. The van der Waals surface area contributed by atoms with Crippen LogP contribution in [0.25, 0.3) is 0 Å². The molecule has 506 valence electrons. The fraction of sp³-hybridized carbons (Fsp3) is 0.808. The molecule has 6 amide bonds. The van der Waals surface area contributed by atoms with Gasteiger partial charge < -0.3 is 80.3 Å². The van der Waals surface area contributed by atoms with Crippen LogP contribution < -0.4 is 48.4 Å². The summed E-state index contributed by atoms with van der Waals surface area (Å²) in [6.07, 6.45) is 1.81. The number of rotatable bonds is 51. The Labute approximate surface area is 526 Å². The van der Waals surface area contributed by atoms with Gasteiger partial charge in [-0.25, -0.2) is 29.3 Å². The Morgan fingerprint density at radius 3 is 2.05 bits per heavy atom. The summed E-state index contributed by atoms with van der Waals surface area (Å²) in [6.45, 7) is 11.2. The lowest BCUT2D eigenvalue weighted by atomic mass is 9.97. The van der Waals surface area contributed by atoms with Gasteiger partial charge in [0.2, 0.25) is 41.9 Å². The first-order valence-corrected chi connectivity index (χ1v) is 36.1. The maximum absolute atomic E-state index is 13.6. The molecule has 0 aliphatic carbocycles. The number of hydrogen-bond donors (Lipinski definition) is 13. The second kappa shape index (κ2) is 43.5. The summed E-state index contributed by atoms with van der Waals surface area (Å²) in [5.41, 5.74) is 5.48. The average molecular weight is 1350 g/mol. The van der Waals surface area contributed by atoms with E-state index in [-0.39, 0.29) is 98.8 Å². The van der Waals surface area contributed by atoms with Crippen LogP contribution >= 0.6 is 49.0 Å². The number of phosphoric acid groups is 2. The van der Waals surface area contributed by atoms with E-state index in [1.165, 1.54) is 34.7 Å². The SMILES string of the molecule is CC(=O)N[C@@H]1[C@H](CCCCC(=O)NCCOCCOCCOCCOCCC(=O)NCCCC[C@H](NC(=O)CCSSCCNC(=O)CCC2(C)NN2)C(=O)NCCCc2cn([C@@H](O)O[C@H](COP(=O)(O)O)[C@@H](C)OP(=O)(O)O)c(=O)nc2C)SC[C@@H]1C. The van der Waals surface area contributed by atoms with Crippen molar-refractivity contribution in [3.63, 3.8) is 0 Å². The molecule has 3 heterocycles. The lowest BCUT2D eigenvalue weighted by molar-refractivity contribution is -0.211. The number of aromatic nitrogens is 2. The predicted molar refractivity (Wildman–Crippen MR) is 329 cm³/mol. The van der Waals surface area contributed by atoms with Crippen molar-refractivity contribution in [1.82, 2.24) is 52.3 Å². The highest BCUT2D eigenvalue weighted by Crippen LogP contribution is 2.41. The number of unbranched alkanes of at least 4 members (excludes halogenated alkanes) is 2. The molecule has 1 aromatic heterocycles. The molecule has 0 aromatic carbocycles. The molecule has 0 bridgehead atoms. The Bertz CT molecular complexity index is 2430. The highest BCUT2D eigenvalue weighted by Gasteiger charge is 2.36. The number of hydrazine groups is 1. The number of hydrogen-bond acceptors (Lipinski definition) is 23. The zero-order valence-corrected chi connectivity index (χ0v) is 55.1. The molecule has 0 spiro atoms. The van der Waals surface area contributed by atoms with Crippen molar-refractivity contribution in [2.24, 2.45) is 5.92 Å². The molecular weight excluding hydrogens is 1260 g/mol. The van der Waals surface area contributed by atoms with Crippen molar-refractivity contribution in [1.29, 1.82) is 0 Å². The van der Waals surface area contributed by atoms with E-state index >= 15 is 0 Å². The Hall–Kier alpha value is -3.35. The highest BCUT2D eigenvalue weighted by molar-refractivity contribution is 8.76. The third kappa shape index (κ3) is 37.2. The van der Waals surface area contributed by atoms with E-state index in [1.807, 2.05) is 18.7 Å². The van der Waals surface area contributed by atoms with Gasteiger partial charge in [-0.2, -0.15) is 16.7 Å². The van der Waals surface area contributed by atoms with Crippen molar-refractivity contribution < 1.29 is 95.3 Å². The van der Waals surface area contributed by atoms with E-state index in [1.54, 1.807) is 6.92 Å². The monoisotopic (exact) mass is 1350 g/mol. The molecule has 2 aliphatic rings. The van der Waals surface area contributed by atoms with Crippen LogP contribution in [0.15, 0.2) is 11.0 Å². The number of thioether (sulfide) groups is 1. The van der Waals surface area contributed by atoms with Crippen LogP contribution in [0.1, 0.15) is 122 Å². The van der Waals surface area contributed by atoms with Crippen molar-refractivity contribution in [2.45, 2.75) is 160 Å². The van der Waals surface area contributed by atoms with Gasteiger partial charge in [-0.3, -0.25) is 37.8 Å². The van der Waals surface area contributed by atoms with E-state index in [9.17, 15) is 57.6 Å². The maximum atomic E-state index is 13.6. The molecule has 2 saturated heterocycles. The third-order valence-corrected chi connectivity index (χ3v) is 18.7. The van der Waals surface area contributed by atoms with E-state index in [0.29, 0.717) is 124 Å². The fourth-order valence-corrected chi connectivity index (χ4v) is 13.0. The Morgan fingerprint density at radius 1 is 0.773 bits per heavy atom. The maximum Gasteiger partial charge on any atom is 0.469 e. The van der Waals surface area contributed by atoms with Gasteiger partial charge >= 0.3 is 21.3 Å². The number of nitrogens with zero attached hydrogens (tertiary/aromatic N) is 2. The molecule has 1 aromatic rings. The summed E-state index contributed by atoms with van der Waals surface area (Å²) in [4.78, 5) is 129. The van der Waals surface area contributed by atoms with E-state index in [2.05, 4.69) is 63.7 Å². The number of aryl methyl sites for hydroxylation is 2. The molecule has 3 rings (SSSR count). The summed E-state index contributed by atoms with van der Waals surface area (Å²) in [6, 6.07) is -0.731. The predicted octanol–water partition coefficient (Wildman–Crippen LogP) is 0.694. The summed E-state index contributed by atoms with van der Waals surface area (Å²) in [5.74, 6) is 1.46. The largest absolute Gasteiger partial charge is 0.469 e. The van der Waals surface area contributed by atoms with Crippen LogP contribution in [-0.2, 0) is 77.0 Å². The first-order chi connectivity index (χ1) is 41.7. The number of carbonyl (C=O) groups excluding carboxylic acids is 6. The first kappa shape index (κ1) is 78.9. The van der Waals surface area contributed by atoms with Gasteiger partial charge in [0.25, 0.3) is 0 Å². The number of amides is 6. The molecule has 7 atom stereocenters. The van der Waals surface area contributed by atoms with Crippen LogP contribution in [0, 0.1) is 12.8 Å². The standard InChI is InChI=1S/C52H94N10O21P2S3/c1-36-35-86-43(48(36)58-39(4)63)13-6-7-14-44(64)54-21-24-78-26-28-80-30-29-79-27-25-77-23-16-46(66)53-19-9-8-12-41(59-47(67)17-31-87-88-32-22-55-45(65)15-18-52(5)60-61-52)49(68)56-20-10-11-40-33-62(50(69)57-37(40)2)51(70)82-42(34-81-84(71,72)73)38(3)83-85(74,75)76/h33,36,38,41-43,48,51,60-61,70H,6-32,34-35H2,1-5H3,(H,53,66)(H,54,64)(H,55,65)(H,56,68)(H,58,63)(H,59,67)(H2,71,72,73)(H2,74,75,76)/t36-,38+,41-,42+,43-,48-,51-/m0/s1. The quantitative estimate of drug-likeness (QED) is 0.0140. The molecule has 88 heavy (non-hydrogen) atoms. The van der Waals surface area contributed by atoms with E-state index < -0.39 is 58.5 Å². The number of phosphoric ester groups is 2. The van der Waals surface area contributed by atoms with Crippen LogP contribution in [0.3, 0.4) is 0 Å². The number of aliphatic hydroxyl groups excluding tert-OH is 1. The zero-order chi connectivity index (χ0) is 65.0. The second-order valence-corrected chi connectivity index (χ2v) is 27.6. The van der Waals surface area contributed by atoms with E-state index in [0.717, 1.165) is 31.9 Å². The van der Waals surface area contributed by atoms with Gasteiger partial charge in [0.1, 0.15) is 12.1 Å². The van der Waals surface area contributed by atoms with Crippen molar-refractivity contribution >= 4 is 84.4 Å². The van der Waals surface area contributed by atoms with Crippen LogP contribution in [-0.4, -0.2) is 208 Å². The van der Waals surface area contributed by atoms with E-state index in [4.69, 9.17) is 33.5 Å². The number of carbonyl (C=O) groups is 6. The second-order valence-electron chi connectivity index (χ2n) is 21.2. The van der Waals surface area contributed by atoms with Crippen LogP contribution in [0.5, 0.6) is 0 Å². The van der Waals surface area contributed by atoms with Crippen LogP contribution in [0.4, 0.5) is 0 Å². The molecule has 2 aliphatic heterocycles. The summed E-state index contributed by atoms with van der Waals surface area (Å²) in [7, 11) is -7.30. The summed E-state index contributed by atoms with van der Waals surface area (Å²) >= 11 is 1.90. The van der Waals surface area contributed by atoms with Crippen molar-refractivity contribution in [3.05, 3.63) is 27.9 Å². The number of aliphatic hydroxyl groups is 1. The molecule has 13 N–H and O–H groups in total. The van der Waals surface area contributed by atoms with Gasteiger partial charge in [0.05, 0.1) is 71.2 Å². The minimum Gasteiger partial charge on any atom is -0.379 e. The first-order valence-electron chi connectivity index (χ1n) is 29.5. The molecule has 0 radical (unpaired) electrons. The van der Waals surface area contributed by atoms with Crippen molar-refractivity contribution in [3.8, 4) is 0 Å². The fourth-order valence-electron chi connectivity index (χ4n) is 8.55. The molecule has 36 heteroatoms. The number of nitrogens with one attached hydrogen (secondary N) is 8. The Morgan fingerprint density at radius 2 is 1.39 bits per heavy atom. The number of ether oxygens (including phenoxy) is 5. The van der Waals surface area contributed by atoms with Gasteiger partial charge in [-0.15, -0.1) is 0 Å². The molecular formula is C52H94N10O21P2S3. The smallest absolute Gasteiger partial charge is 0.379 e. The van der Waals surface area contributed by atoms with Crippen molar-refractivity contribution in [2.75, 3.05) is 103 Å². The zero-order valence-electron chi connectivity index (χ0n) is 50.9. The van der Waals surface area contributed by atoms with Gasteiger partial charge in [0.15, 0.2) is 0 Å². The normalized spacial score (nSPS) is 17.8. The van der Waals surface area contributed by atoms with Crippen LogP contribution in [0.2, 0.25) is 0 Å². The van der Waals surface area contributed by atoms with Gasteiger partial charge in [-0.1, -0.05) is 34.9 Å². The average Bonchev–Trinajstić information content (AvgIpc) is 2.92. The molecule has 0 saturated carbocycles. The summed E-state index contributed by atoms with van der Waals surface area (Å²) < 4.78 is 59.8. The molecule has 2 fully saturated rings. The van der Waals surface area contributed by atoms with Gasteiger partial charge in [-0.05, 0) is 89.4 Å². The minimum atomic E-state index is -5.15. The molecule has 0 unspecified atom stereocenters. The lowest BCUT2D eigenvalue weighted by Crippen LogP contribution is -2.47. The topological polar surface area (TPSA) is 453 Å². The summed E-state index contributed by atoms with van der Waals surface area (Å²) in [5, 5.41) is 28.5. The third-order valence-electron chi connectivity index (χ3n) is 13.5. The minimum absolute atomic E-state index is 0.00226. The Balaban J connectivity index is 1.32. The Kier molecular flexibility index (Phi) is 39.0. The molecule has 31 nitrogen and oxygen atoms in total. The van der Waals surface area contributed by atoms with Gasteiger partial charge in [0, 0.05) is 93.5 Å². The highest BCUT2D eigenvalue weighted by atomic mass is 33.1.